The average molecular weight is 415 g/mol. The molecule has 1 aromatic heterocycles. The van der Waals surface area contributed by atoms with Crippen LogP contribution in [0.25, 0.3) is 5.69 Å². The maximum Gasteiger partial charge on any atom is 0.268 e. The number of amides is 1. The average Bonchev–Trinajstić information content (AvgIpc) is 2.70. The molecule has 1 aliphatic carbocycles. The Kier molecular flexibility index (Phi) is 5.13. The number of aryl methyl sites for hydroxylation is 2. The van der Waals surface area contributed by atoms with E-state index in [9.17, 15) is 14.4 Å². The van der Waals surface area contributed by atoms with E-state index in [2.05, 4.69) is 5.32 Å². The summed E-state index contributed by atoms with van der Waals surface area (Å²) in [6.07, 6.45) is 2.47. The van der Waals surface area contributed by atoms with Gasteiger partial charge in [0.05, 0.1) is 0 Å². The quantitative estimate of drug-likeness (QED) is 0.665. The number of rotatable bonds is 3. The SMILES string of the molecule is Cc1ccc(NC(=O)c2c3c(cn(-c4ccccc4)c2=O)C(=O)CC(C)(C)C3)cc1C. The lowest BCUT2D eigenvalue weighted by Crippen LogP contribution is -2.37. The number of aromatic nitrogens is 1. The van der Waals surface area contributed by atoms with E-state index in [1.54, 1.807) is 18.3 Å². The first kappa shape index (κ1) is 20.8. The first-order valence-corrected chi connectivity index (χ1v) is 10.4. The van der Waals surface area contributed by atoms with Crippen LogP contribution in [-0.2, 0) is 6.42 Å². The van der Waals surface area contributed by atoms with Gasteiger partial charge in [-0.25, -0.2) is 0 Å². The van der Waals surface area contributed by atoms with Gasteiger partial charge < -0.3 is 5.32 Å². The minimum atomic E-state index is -0.486. The van der Waals surface area contributed by atoms with Gasteiger partial charge in [0.15, 0.2) is 5.78 Å². The molecule has 0 unspecified atom stereocenters. The Morgan fingerprint density at radius 2 is 1.68 bits per heavy atom. The van der Waals surface area contributed by atoms with Crippen molar-refractivity contribution in [3.63, 3.8) is 0 Å². The number of fused-ring (bicyclic) bond motifs is 1. The summed E-state index contributed by atoms with van der Waals surface area (Å²) >= 11 is 0. The molecule has 0 radical (unpaired) electrons. The fourth-order valence-electron chi connectivity index (χ4n) is 4.17. The molecule has 1 heterocycles. The van der Waals surface area contributed by atoms with Crippen molar-refractivity contribution >= 4 is 17.4 Å². The summed E-state index contributed by atoms with van der Waals surface area (Å²) in [7, 11) is 0. The van der Waals surface area contributed by atoms with Gasteiger partial charge >= 0.3 is 0 Å². The van der Waals surface area contributed by atoms with Gasteiger partial charge in [-0.05, 0) is 66.6 Å². The number of para-hydroxylation sites is 1. The molecule has 0 saturated carbocycles. The van der Waals surface area contributed by atoms with Crippen molar-refractivity contribution in [2.24, 2.45) is 5.41 Å². The standard InChI is InChI=1S/C26H26N2O3/c1-16-10-11-18(12-17(16)2)27-24(30)23-20-13-26(3,4)14-22(29)21(20)15-28(25(23)31)19-8-6-5-7-9-19/h5-12,15H,13-14H2,1-4H3,(H,27,30). The van der Waals surface area contributed by atoms with Gasteiger partial charge in [-0.15, -0.1) is 0 Å². The molecule has 1 N–H and O–H groups in total. The second-order valence-electron chi connectivity index (χ2n) is 9.10. The summed E-state index contributed by atoms with van der Waals surface area (Å²) in [5.74, 6) is -0.531. The maximum atomic E-state index is 13.5. The number of hydrogen-bond donors (Lipinski definition) is 1. The fourth-order valence-corrected chi connectivity index (χ4v) is 4.17. The van der Waals surface area contributed by atoms with Gasteiger partial charge in [0.2, 0.25) is 0 Å². The van der Waals surface area contributed by atoms with Crippen LogP contribution in [0.5, 0.6) is 0 Å². The number of anilines is 1. The number of carbonyl (C=O) groups excluding carboxylic acids is 2. The third kappa shape index (κ3) is 3.96. The molecule has 4 rings (SSSR count). The lowest BCUT2D eigenvalue weighted by atomic mass is 9.73. The molecule has 1 amide bonds. The molecule has 0 atom stereocenters. The first-order valence-electron chi connectivity index (χ1n) is 10.4. The molecule has 0 spiro atoms. The van der Waals surface area contributed by atoms with E-state index in [0.717, 1.165) is 11.1 Å². The van der Waals surface area contributed by atoms with Crippen LogP contribution in [0, 0.1) is 19.3 Å². The zero-order chi connectivity index (χ0) is 22.3. The lowest BCUT2D eigenvalue weighted by Gasteiger charge is -2.31. The number of benzene rings is 2. The lowest BCUT2D eigenvalue weighted by molar-refractivity contribution is 0.0910. The fraction of sp³-hybridized carbons (Fsp3) is 0.269. The summed E-state index contributed by atoms with van der Waals surface area (Å²) in [4.78, 5) is 39.8. The van der Waals surface area contributed by atoms with Gasteiger partial charge in [-0.2, -0.15) is 0 Å². The predicted molar refractivity (Wildman–Crippen MR) is 122 cm³/mol. The van der Waals surface area contributed by atoms with Crippen LogP contribution in [0.2, 0.25) is 0 Å². The molecule has 2 aromatic carbocycles. The van der Waals surface area contributed by atoms with Crippen molar-refractivity contribution in [2.45, 2.75) is 40.5 Å². The minimum Gasteiger partial charge on any atom is -0.322 e. The third-order valence-corrected chi connectivity index (χ3v) is 5.94. The topological polar surface area (TPSA) is 68.2 Å². The van der Waals surface area contributed by atoms with Crippen LogP contribution in [0.15, 0.2) is 59.5 Å². The highest BCUT2D eigenvalue weighted by molar-refractivity contribution is 6.08. The van der Waals surface area contributed by atoms with Crippen LogP contribution >= 0.6 is 0 Å². The highest BCUT2D eigenvalue weighted by Gasteiger charge is 2.36. The number of ketones is 1. The van der Waals surface area contributed by atoms with Crippen molar-refractivity contribution in [1.29, 1.82) is 0 Å². The van der Waals surface area contributed by atoms with Gasteiger partial charge in [0.25, 0.3) is 11.5 Å². The van der Waals surface area contributed by atoms with E-state index in [1.165, 1.54) is 4.57 Å². The Morgan fingerprint density at radius 1 is 0.968 bits per heavy atom. The number of hydrogen-bond acceptors (Lipinski definition) is 3. The van der Waals surface area contributed by atoms with Crippen molar-refractivity contribution in [2.75, 3.05) is 5.32 Å². The van der Waals surface area contributed by atoms with Gasteiger partial charge in [-0.1, -0.05) is 38.1 Å². The third-order valence-electron chi connectivity index (χ3n) is 5.94. The largest absolute Gasteiger partial charge is 0.322 e. The van der Waals surface area contributed by atoms with E-state index >= 15 is 0 Å². The van der Waals surface area contributed by atoms with Crippen molar-refractivity contribution in [3.05, 3.63) is 92.9 Å². The van der Waals surface area contributed by atoms with Crippen LogP contribution in [0.3, 0.4) is 0 Å². The van der Waals surface area contributed by atoms with Crippen molar-refractivity contribution in [3.8, 4) is 5.69 Å². The molecule has 5 nitrogen and oxygen atoms in total. The number of pyridine rings is 1. The Balaban J connectivity index is 1.89. The molecule has 0 bridgehead atoms. The summed E-state index contributed by atoms with van der Waals surface area (Å²) in [5.41, 5.74) is 3.71. The molecule has 0 aliphatic heterocycles. The monoisotopic (exact) mass is 414 g/mol. The zero-order valence-corrected chi connectivity index (χ0v) is 18.3. The summed E-state index contributed by atoms with van der Waals surface area (Å²) in [6, 6.07) is 14.7. The Bertz CT molecular complexity index is 1250. The Morgan fingerprint density at radius 3 is 2.35 bits per heavy atom. The molecular weight excluding hydrogens is 388 g/mol. The van der Waals surface area contributed by atoms with E-state index in [4.69, 9.17) is 0 Å². The van der Waals surface area contributed by atoms with Crippen LogP contribution in [0.1, 0.15) is 57.7 Å². The second-order valence-corrected chi connectivity index (χ2v) is 9.10. The summed E-state index contributed by atoms with van der Waals surface area (Å²) in [5, 5.41) is 2.87. The molecular formula is C26H26N2O3. The molecule has 3 aromatic rings. The van der Waals surface area contributed by atoms with E-state index in [1.807, 2.05) is 64.1 Å². The number of nitrogens with zero attached hydrogens (tertiary/aromatic N) is 1. The van der Waals surface area contributed by atoms with Gasteiger partial charge in [-0.3, -0.25) is 19.0 Å². The molecule has 1 aliphatic rings. The summed E-state index contributed by atoms with van der Waals surface area (Å²) in [6.45, 7) is 7.95. The first-order chi connectivity index (χ1) is 14.7. The van der Waals surface area contributed by atoms with E-state index < -0.39 is 11.5 Å². The zero-order valence-electron chi connectivity index (χ0n) is 18.3. The predicted octanol–water partition coefficient (Wildman–Crippen LogP) is 4.86. The number of nitrogens with one attached hydrogen (secondary N) is 1. The molecule has 158 valence electrons. The minimum absolute atomic E-state index is 0.0423. The van der Waals surface area contributed by atoms with Crippen LogP contribution < -0.4 is 10.9 Å². The smallest absolute Gasteiger partial charge is 0.268 e. The Labute approximate surface area is 181 Å². The Hall–Kier alpha value is -3.47. The van der Waals surface area contributed by atoms with Crippen LogP contribution in [0.4, 0.5) is 5.69 Å². The maximum absolute atomic E-state index is 13.5. The van der Waals surface area contributed by atoms with Gasteiger partial charge in [0, 0.05) is 29.6 Å². The normalized spacial score (nSPS) is 14.8. The van der Waals surface area contributed by atoms with Gasteiger partial charge in [0.1, 0.15) is 5.56 Å². The highest BCUT2D eigenvalue weighted by atomic mass is 16.2. The second kappa shape index (κ2) is 7.65. The summed E-state index contributed by atoms with van der Waals surface area (Å²) < 4.78 is 1.41. The van der Waals surface area contributed by atoms with Crippen LogP contribution in [-0.4, -0.2) is 16.3 Å². The molecule has 5 heteroatoms. The number of Topliss-reactive ketones (excluding diaryl/α,β-unsaturated/α-hetero) is 1. The number of carbonyl (C=O) groups is 2. The highest BCUT2D eigenvalue weighted by Crippen LogP contribution is 2.36. The molecule has 31 heavy (non-hydrogen) atoms. The van der Waals surface area contributed by atoms with Crippen molar-refractivity contribution < 1.29 is 9.59 Å². The van der Waals surface area contributed by atoms with Crippen molar-refractivity contribution in [1.82, 2.24) is 4.57 Å². The molecule has 0 fully saturated rings. The molecule has 0 saturated heterocycles. The van der Waals surface area contributed by atoms with E-state index in [-0.39, 0.29) is 16.8 Å². The van der Waals surface area contributed by atoms with E-state index in [0.29, 0.717) is 35.3 Å².